The van der Waals surface area contributed by atoms with E-state index >= 15 is 8.78 Å². The first-order valence-electron chi connectivity index (χ1n) is 8.08. The van der Waals surface area contributed by atoms with Crippen molar-refractivity contribution < 1.29 is 8.78 Å². The zero-order valence-corrected chi connectivity index (χ0v) is 13.7. The molecule has 0 aliphatic carbocycles. The number of fused-ring (bicyclic) bond motifs is 2. The maximum Gasteiger partial charge on any atom is 0.333 e. The van der Waals surface area contributed by atoms with Gasteiger partial charge in [-0.3, -0.25) is 10.1 Å². The van der Waals surface area contributed by atoms with Crippen molar-refractivity contribution in [2.24, 2.45) is 0 Å². The highest BCUT2D eigenvalue weighted by Crippen LogP contribution is 2.35. The Morgan fingerprint density at radius 3 is 2.81 bits per heavy atom. The molecule has 7 nitrogen and oxygen atoms in total. The summed E-state index contributed by atoms with van der Waals surface area (Å²) in [7, 11) is 0. The second-order valence-corrected chi connectivity index (χ2v) is 5.98. The van der Waals surface area contributed by atoms with E-state index in [0.29, 0.717) is 22.2 Å². The molecule has 0 fully saturated rings. The average molecular weight is 363 g/mol. The molecule has 0 saturated heterocycles. The lowest BCUT2D eigenvalue weighted by Gasteiger charge is -2.15. The lowest BCUT2D eigenvalue weighted by Crippen LogP contribution is -2.20. The fraction of sp³-hybridized carbons (Fsp3) is 0.0556. The molecule has 5 rings (SSSR count). The van der Waals surface area contributed by atoms with E-state index in [1.807, 2.05) is 0 Å². The minimum Gasteiger partial charge on any atom is -0.285 e. The van der Waals surface area contributed by atoms with Crippen LogP contribution < -0.4 is 0 Å². The molecule has 0 amide bonds. The van der Waals surface area contributed by atoms with E-state index in [2.05, 4.69) is 30.5 Å². The molecule has 0 unspecified atom stereocenters. The maximum atomic E-state index is 15.3. The fourth-order valence-electron chi connectivity index (χ4n) is 2.93. The van der Waals surface area contributed by atoms with Gasteiger partial charge in [-0.05, 0) is 30.3 Å². The van der Waals surface area contributed by atoms with Gasteiger partial charge in [0.1, 0.15) is 0 Å². The molecule has 4 heterocycles. The topological polar surface area (TPSA) is 84.6 Å². The molecule has 4 aromatic heterocycles. The van der Waals surface area contributed by atoms with Gasteiger partial charge in [-0.15, -0.1) is 10.2 Å². The van der Waals surface area contributed by atoms with Crippen LogP contribution in [-0.4, -0.2) is 35.0 Å². The highest BCUT2D eigenvalue weighted by atomic mass is 19.3. The number of pyridine rings is 1. The van der Waals surface area contributed by atoms with Crippen LogP contribution >= 0.6 is 0 Å². The first-order valence-corrected chi connectivity index (χ1v) is 8.08. The molecule has 1 N–H and O–H groups in total. The minimum atomic E-state index is -3.38. The Bertz CT molecular complexity index is 1260. The number of hydrogen-bond acceptors (Lipinski definition) is 5. The maximum absolute atomic E-state index is 15.3. The van der Waals surface area contributed by atoms with Gasteiger partial charge in [0, 0.05) is 28.9 Å². The van der Waals surface area contributed by atoms with Crippen molar-refractivity contribution in [1.29, 1.82) is 0 Å². The molecule has 1 aromatic carbocycles. The number of H-pyrrole nitrogens is 1. The summed E-state index contributed by atoms with van der Waals surface area (Å²) in [5, 5.41) is 19.0. The largest absolute Gasteiger partial charge is 0.333 e. The number of alkyl halides is 2. The van der Waals surface area contributed by atoms with Gasteiger partial charge >= 0.3 is 5.92 Å². The van der Waals surface area contributed by atoms with Crippen molar-refractivity contribution in [3.8, 4) is 11.3 Å². The van der Waals surface area contributed by atoms with E-state index in [4.69, 9.17) is 0 Å². The van der Waals surface area contributed by atoms with Gasteiger partial charge in [0.05, 0.1) is 17.4 Å². The Balaban J connectivity index is 1.67. The molecule has 0 saturated carbocycles. The number of aromatic amines is 1. The quantitative estimate of drug-likeness (QED) is 0.532. The summed E-state index contributed by atoms with van der Waals surface area (Å²) in [6, 6.07) is 11.0. The van der Waals surface area contributed by atoms with E-state index in [-0.39, 0.29) is 11.2 Å². The lowest BCUT2D eigenvalue weighted by molar-refractivity contribution is 0.0307. The van der Waals surface area contributed by atoms with Crippen molar-refractivity contribution in [3.63, 3.8) is 0 Å². The van der Waals surface area contributed by atoms with Crippen LogP contribution in [0.5, 0.6) is 0 Å². The predicted octanol–water partition coefficient (Wildman–Crippen LogP) is 3.20. The van der Waals surface area contributed by atoms with Crippen molar-refractivity contribution in [2.45, 2.75) is 5.92 Å². The molecule has 132 valence electrons. The number of nitrogens with zero attached hydrogens (tertiary/aromatic N) is 6. The minimum absolute atomic E-state index is 0.201. The second-order valence-electron chi connectivity index (χ2n) is 5.98. The van der Waals surface area contributed by atoms with Crippen LogP contribution in [0.3, 0.4) is 0 Å². The number of aromatic nitrogens is 7. The third-order valence-electron chi connectivity index (χ3n) is 4.30. The summed E-state index contributed by atoms with van der Waals surface area (Å²) in [5.74, 6) is -3.93. The van der Waals surface area contributed by atoms with Crippen LogP contribution in [0, 0.1) is 0 Å². The molecular weight excluding hydrogens is 352 g/mol. The molecule has 9 heteroatoms. The van der Waals surface area contributed by atoms with Crippen LogP contribution in [0.15, 0.2) is 61.1 Å². The van der Waals surface area contributed by atoms with Crippen LogP contribution in [0.2, 0.25) is 0 Å². The summed E-state index contributed by atoms with van der Waals surface area (Å²) >= 11 is 0. The van der Waals surface area contributed by atoms with Gasteiger partial charge in [-0.2, -0.15) is 23.5 Å². The van der Waals surface area contributed by atoms with E-state index in [1.165, 1.54) is 12.1 Å². The third kappa shape index (κ3) is 2.43. The molecule has 0 aliphatic heterocycles. The number of hydrogen-bond donors (Lipinski definition) is 1. The number of rotatable bonds is 3. The summed E-state index contributed by atoms with van der Waals surface area (Å²) in [4.78, 5) is 4.16. The lowest BCUT2D eigenvalue weighted by atomic mass is 10.0. The van der Waals surface area contributed by atoms with Crippen LogP contribution in [0.4, 0.5) is 8.78 Å². The summed E-state index contributed by atoms with van der Waals surface area (Å²) in [5.41, 5.74) is 1.84. The Kier molecular flexibility index (Phi) is 3.23. The highest BCUT2D eigenvalue weighted by molar-refractivity contribution is 5.79. The van der Waals surface area contributed by atoms with E-state index in [9.17, 15) is 0 Å². The Morgan fingerprint density at radius 1 is 1.04 bits per heavy atom. The zero-order chi connectivity index (χ0) is 18.4. The monoisotopic (exact) mass is 363 g/mol. The Labute approximate surface area is 150 Å². The fourth-order valence-corrected chi connectivity index (χ4v) is 2.93. The summed E-state index contributed by atoms with van der Waals surface area (Å²) < 4.78 is 31.6. The molecule has 5 aromatic rings. The van der Waals surface area contributed by atoms with E-state index in [0.717, 1.165) is 4.52 Å². The van der Waals surface area contributed by atoms with Gasteiger partial charge in [-0.25, -0.2) is 0 Å². The van der Waals surface area contributed by atoms with Gasteiger partial charge < -0.3 is 0 Å². The predicted molar refractivity (Wildman–Crippen MR) is 93.1 cm³/mol. The van der Waals surface area contributed by atoms with Gasteiger partial charge in [-0.1, -0.05) is 12.1 Å². The second kappa shape index (κ2) is 5.63. The molecule has 0 atom stereocenters. The number of halogens is 2. The van der Waals surface area contributed by atoms with Gasteiger partial charge in [0.2, 0.25) is 5.82 Å². The number of nitrogens with one attached hydrogen (secondary N) is 1. The van der Waals surface area contributed by atoms with Crippen molar-refractivity contribution >= 4 is 16.6 Å². The van der Waals surface area contributed by atoms with Crippen LogP contribution in [-0.2, 0) is 5.92 Å². The summed E-state index contributed by atoms with van der Waals surface area (Å²) in [6.07, 6.45) is 4.81. The number of benzene rings is 1. The summed E-state index contributed by atoms with van der Waals surface area (Å²) in [6.45, 7) is 0. The zero-order valence-electron chi connectivity index (χ0n) is 13.7. The average Bonchev–Trinajstić information content (AvgIpc) is 3.37. The van der Waals surface area contributed by atoms with Crippen molar-refractivity contribution in [2.75, 3.05) is 0 Å². The Morgan fingerprint density at radius 2 is 1.96 bits per heavy atom. The van der Waals surface area contributed by atoms with Gasteiger partial charge in [0.25, 0.3) is 0 Å². The molecule has 0 aliphatic rings. The molecule has 27 heavy (non-hydrogen) atoms. The molecule has 0 bridgehead atoms. The Hall–Kier alpha value is -3.75. The first kappa shape index (κ1) is 15.5. The molecule has 0 radical (unpaired) electrons. The molecular formula is C18H11F2N7. The van der Waals surface area contributed by atoms with Crippen molar-refractivity contribution in [3.05, 3.63) is 72.4 Å². The smallest absolute Gasteiger partial charge is 0.285 e. The third-order valence-corrected chi connectivity index (χ3v) is 4.30. The molecule has 0 spiro atoms. The van der Waals surface area contributed by atoms with E-state index in [1.54, 1.807) is 48.9 Å². The first-order chi connectivity index (χ1) is 13.1. The normalized spacial score (nSPS) is 12.1. The van der Waals surface area contributed by atoms with Gasteiger partial charge in [0.15, 0.2) is 5.65 Å². The van der Waals surface area contributed by atoms with E-state index < -0.39 is 11.7 Å². The SMILES string of the molecule is FC(F)(c1ccc2ncccc2c1)c1nnc2ccc(-c3cn[nH]c3)nn12. The highest BCUT2D eigenvalue weighted by Gasteiger charge is 2.40. The standard InChI is InChI=1S/C18H11F2N7/c19-18(20,13-3-4-14-11(8-13)2-1-7-21-14)17-25-24-16-6-5-15(26-27(16)17)12-9-22-23-10-12/h1-10H,(H,22,23). The van der Waals surface area contributed by atoms with Crippen LogP contribution in [0.25, 0.3) is 27.8 Å². The van der Waals surface area contributed by atoms with Crippen molar-refractivity contribution in [1.82, 2.24) is 35.0 Å². The van der Waals surface area contributed by atoms with Crippen LogP contribution in [0.1, 0.15) is 11.4 Å².